The summed E-state index contributed by atoms with van der Waals surface area (Å²) in [5, 5.41) is 2.81. The highest BCUT2D eigenvalue weighted by Gasteiger charge is 2.45. The number of amides is 2. The Morgan fingerprint density at radius 2 is 1.62 bits per heavy atom. The lowest BCUT2D eigenvalue weighted by atomic mass is 9.92. The third-order valence-electron chi connectivity index (χ3n) is 6.14. The molecule has 1 aliphatic heterocycles. The number of carbonyl (C=O) groups excluding carboxylic acids is 2. The van der Waals surface area contributed by atoms with Gasteiger partial charge in [-0.05, 0) is 50.2 Å². The Labute approximate surface area is 232 Å². The molecule has 4 rings (SSSR count). The molecule has 0 saturated carbocycles. The predicted octanol–water partition coefficient (Wildman–Crippen LogP) is 5.94. The molecule has 3 aromatic carbocycles. The van der Waals surface area contributed by atoms with E-state index in [9.17, 15) is 18.4 Å². The molecular formula is C28H25ClF4N2O5. The van der Waals surface area contributed by atoms with Gasteiger partial charge < -0.3 is 24.4 Å². The van der Waals surface area contributed by atoms with Crippen LogP contribution < -0.4 is 24.4 Å². The van der Waals surface area contributed by atoms with E-state index < -0.39 is 47.6 Å². The lowest BCUT2D eigenvalue weighted by molar-refractivity contribution is -0.118. The molecule has 7 nitrogen and oxygen atoms in total. The lowest BCUT2D eigenvalue weighted by Gasteiger charge is -2.20. The number of hydrogen-bond acceptors (Lipinski definition) is 5. The monoisotopic (exact) mass is 580 g/mol. The van der Waals surface area contributed by atoms with Gasteiger partial charge in [-0.2, -0.15) is 8.78 Å². The summed E-state index contributed by atoms with van der Waals surface area (Å²) < 4.78 is 70.2. The number of methoxy groups -OCH3 is 1. The van der Waals surface area contributed by atoms with E-state index in [1.165, 1.54) is 30.2 Å². The number of ether oxygens (including phenoxy) is 3. The summed E-state index contributed by atoms with van der Waals surface area (Å²) >= 11 is 6.26. The fourth-order valence-corrected chi connectivity index (χ4v) is 4.69. The summed E-state index contributed by atoms with van der Waals surface area (Å²) in [5.74, 6) is -4.34. The minimum atomic E-state index is -3.05. The fourth-order valence-electron chi connectivity index (χ4n) is 4.47. The van der Waals surface area contributed by atoms with Crippen molar-refractivity contribution >= 4 is 29.1 Å². The quantitative estimate of drug-likeness (QED) is 0.317. The molecule has 1 aliphatic rings. The smallest absolute Gasteiger partial charge is 0.387 e. The topological polar surface area (TPSA) is 77.1 Å². The molecule has 1 heterocycles. The van der Waals surface area contributed by atoms with Crippen molar-refractivity contribution in [2.45, 2.75) is 38.5 Å². The number of halogens is 5. The minimum absolute atomic E-state index is 0.0117. The zero-order valence-electron chi connectivity index (χ0n) is 21.6. The molecule has 3 aromatic rings. The zero-order valence-corrected chi connectivity index (χ0v) is 22.3. The maximum atomic E-state index is 15.2. The van der Waals surface area contributed by atoms with Gasteiger partial charge in [-0.1, -0.05) is 11.6 Å². The van der Waals surface area contributed by atoms with Crippen molar-refractivity contribution in [3.63, 3.8) is 0 Å². The summed E-state index contributed by atoms with van der Waals surface area (Å²) in [6.07, 6.45) is -0.194. The van der Waals surface area contributed by atoms with E-state index in [2.05, 4.69) is 10.1 Å². The molecule has 212 valence electrons. The van der Waals surface area contributed by atoms with E-state index in [4.69, 9.17) is 21.1 Å². The summed E-state index contributed by atoms with van der Waals surface area (Å²) in [6, 6.07) is 9.96. The van der Waals surface area contributed by atoms with Crippen molar-refractivity contribution in [1.29, 1.82) is 0 Å². The molecule has 12 heteroatoms. The van der Waals surface area contributed by atoms with E-state index in [0.29, 0.717) is 11.4 Å². The number of alkyl halides is 2. The molecule has 0 spiro atoms. The predicted molar refractivity (Wildman–Crippen MR) is 140 cm³/mol. The Kier molecular flexibility index (Phi) is 8.73. The third-order valence-corrected chi connectivity index (χ3v) is 6.36. The Balaban J connectivity index is 1.71. The highest BCUT2D eigenvalue weighted by molar-refractivity contribution is 6.31. The fraction of sp³-hybridized carbons (Fsp3) is 0.286. The van der Waals surface area contributed by atoms with Crippen LogP contribution in [0.1, 0.15) is 35.7 Å². The highest BCUT2D eigenvalue weighted by Crippen LogP contribution is 2.38. The zero-order chi connectivity index (χ0) is 29.1. The lowest BCUT2D eigenvalue weighted by Crippen LogP contribution is -2.44. The van der Waals surface area contributed by atoms with Gasteiger partial charge in [-0.25, -0.2) is 8.78 Å². The Bertz CT molecular complexity index is 1380. The van der Waals surface area contributed by atoms with E-state index in [1.807, 2.05) is 13.8 Å². The van der Waals surface area contributed by atoms with Crippen LogP contribution in [-0.4, -0.2) is 44.2 Å². The molecular weight excluding hydrogens is 556 g/mol. The van der Waals surface area contributed by atoms with Crippen LogP contribution in [0.2, 0.25) is 5.02 Å². The standard InChI is InChI=1S/C28H25ClF4N2O5/c1-14(2)39-20-9-16(29)8-17(10-20)35-13-21(24-22(30)11-19(38-3)12-23(24)31)25(27(35)37)34-26(36)15-4-6-18(7-5-15)40-28(32)33/h4-12,14,21,25,28H,13H2,1-3H3,(H,34,36)/t21-,25-/m0/s1. The second-order valence-electron chi connectivity index (χ2n) is 9.23. The summed E-state index contributed by atoms with van der Waals surface area (Å²) in [4.78, 5) is 28.0. The van der Waals surface area contributed by atoms with Crippen molar-refractivity contribution in [2.75, 3.05) is 18.6 Å². The first-order chi connectivity index (χ1) is 19.0. The van der Waals surface area contributed by atoms with Crippen LogP contribution in [0.5, 0.6) is 17.2 Å². The number of anilines is 1. The number of nitrogens with one attached hydrogen (secondary N) is 1. The first-order valence-corrected chi connectivity index (χ1v) is 12.5. The van der Waals surface area contributed by atoms with Crippen LogP contribution in [0.25, 0.3) is 0 Å². The van der Waals surface area contributed by atoms with Crippen LogP contribution in [0.3, 0.4) is 0 Å². The van der Waals surface area contributed by atoms with Gasteiger partial charge in [0.2, 0.25) is 5.91 Å². The molecule has 0 bridgehead atoms. The SMILES string of the molecule is COc1cc(F)c([C@@H]2CN(c3cc(Cl)cc(OC(C)C)c3)C(=O)[C@H]2NC(=O)c2ccc(OC(F)F)cc2)c(F)c1. The van der Waals surface area contributed by atoms with E-state index in [0.717, 1.165) is 24.3 Å². The van der Waals surface area contributed by atoms with Gasteiger partial charge in [-0.15, -0.1) is 0 Å². The second kappa shape index (κ2) is 12.0. The van der Waals surface area contributed by atoms with Gasteiger partial charge in [-0.3, -0.25) is 9.59 Å². The molecule has 0 unspecified atom stereocenters. The molecule has 2 amide bonds. The summed E-state index contributed by atoms with van der Waals surface area (Å²) in [5.41, 5.74) is -0.0984. The van der Waals surface area contributed by atoms with Crippen molar-refractivity contribution in [3.05, 3.63) is 82.4 Å². The maximum Gasteiger partial charge on any atom is 0.387 e. The summed E-state index contributed by atoms with van der Waals surface area (Å²) in [6.45, 7) is 0.372. The normalized spacial score (nSPS) is 16.9. The largest absolute Gasteiger partial charge is 0.497 e. The number of rotatable bonds is 9. The number of hydrogen-bond donors (Lipinski definition) is 1. The van der Waals surface area contributed by atoms with Crippen molar-refractivity contribution in [1.82, 2.24) is 5.32 Å². The van der Waals surface area contributed by atoms with Crippen LogP contribution in [0.15, 0.2) is 54.6 Å². The minimum Gasteiger partial charge on any atom is -0.497 e. The molecule has 40 heavy (non-hydrogen) atoms. The van der Waals surface area contributed by atoms with Gasteiger partial charge in [0.05, 0.1) is 13.2 Å². The van der Waals surface area contributed by atoms with Crippen molar-refractivity contribution in [3.8, 4) is 17.2 Å². The van der Waals surface area contributed by atoms with E-state index in [-0.39, 0.29) is 34.7 Å². The van der Waals surface area contributed by atoms with E-state index >= 15 is 8.78 Å². The van der Waals surface area contributed by atoms with Crippen LogP contribution in [0, 0.1) is 11.6 Å². The number of nitrogens with zero attached hydrogens (tertiary/aromatic N) is 1. The molecule has 0 aromatic heterocycles. The van der Waals surface area contributed by atoms with Crippen LogP contribution in [-0.2, 0) is 4.79 Å². The third kappa shape index (κ3) is 6.41. The first kappa shape index (κ1) is 29.0. The van der Waals surface area contributed by atoms with Crippen LogP contribution in [0.4, 0.5) is 23.2 Å². The molecule has 1 fully saturated rings. The Hall–Kier alpha value is -3.99. The molecule has 0 aliphatic carbocycles. The summed E-state index contributed by atoms with van der Waals surface area (Å²) in [7, 11) is 1.26. The van der Waals surface area contributed by atoms with Gasteiger partial charge >= 0.3 is 6.61 Å². The molecule has 0 radical (unpaired) electrons. The average molecular weight is 581 g/mol. The average Bonchev–Trinajstić information content (AvgIpc) is 3.18. The van der Waals surface area contributed by atoms with E-state index in [1.54, 1.807) is 12.1 Å². The number of benzene rings is 3. The highest BCUT2D eigenvalue weighted by atomic mass is 35.5. The second-order valence-corrected chi connectivity index (χ2v) is 9.66. The molecule has 1 N–H and O–H groups in total. The van der Waals surface area contributed by atoms with Crippen LogP contribution >= 0.6 is 11.6 Å². The van der Waals surface area contributed by atoms with Gasteiger partial charge in [0, 0.05) is 52.5 Å². The van der Waals surface area contributed by atoms with Gasteiger partial charge in [0.15, 0.2) is 0 Å². The van der Waals surface area contributed by atoms with Gasteiger partial charge in [0.1, 0.15) is 34.9 Å². The number of carbonyl (C=O) groups is 2. The Morgan fingerprint density at radius 1 is 0.975 bits per heavy atom. The van der Waals surface area contributed by atoms with Crippen molar-refractivity contribution in [2.24, 2.45) is 0 Å². The van der Waals surface area contributed by atoms with Gasteiger partial charge in [0.25, 0.3) is 5.91 Å². The maximum absolute atomic E-state index is 15.2. The Morgan fingerprint density at radius 3 is 2.20 bits per heavy atom. The first-order valence-electron chi connectivity index (χ1n) is 12.1. The van der Waals surface area contributed by atoms with Crippen molar-refractivity contribution < 1.29 is 41.4 Å². The molecule has 2 atom stereocenters. The molecule has 1 saturated heterocycles.